The molecule has 0 amide bonds. The minimum absolute atomic E-state index is 0.499. The fourth-order valence-electron chi connectivity index (χ4n) is 2.66. The maximum absolute atomic E-state index is 11.0. The van der Waals surface area contributed by atoms with Crippen molar-refractivity contribution in [3.8, 4) is 0 Å². The van der Waals surface area contributed by atoms with Crippen molar-refractivity contribution in [1.29, 1.82) is 0 Å². The van der Waals surface area contributed by atoms with Crippen LogP contribution in [0.1, 0.15) is 96.8 Å². The second-order valence-corrected chi connectivity index (χ2v) is 6.41. The van der Waals surface area contributed by atoms with Gasteiger partial charge >= 0.3 is 5.97 Å². The number of unbranched alkanes of at least 4 members (excludes halogenated alkanes) is 11. The minimum Gasteiger partial charge on any atom is -0.467 e. The topological polar surface area (TPSA) is 46.5 Å². The molecule has 1 N–H and O–H groups in total. The Bertz CT molecular complexity index is 287. The predicted molar refractivity (Wildman–Crippen MR) is 97.5 cm³/mol. The number of aliphatic hydroxyl groups is 1. The number of ether oxygens (including phenoxy) is 1. The Kier molecular flexibility index (Phi) is 16.9. The molecule has 23 heavy (non-hydrogen) atoms. The summed E-state index contributed by atoms with van der Waals surface area (Å²) in [5.74, 6) is -0.522. The molecule has 1 unspecified atom stereocenters. The lowest BCUT2D eigenvalue weighted by molar-refractivity contribution is -0.150. The van der Waals surface area contributed by atoms with Crippen molar-refractivity contribution >= 4 is 5.97 Å². The highest BCUT2D eigenvalue weighted by Crippen LogP contribution is 2.11. The average Bonchev–Trinajstić information content (AvgIpc) is 2.57. The molecule has 0 heterocycles. The van der Waals surface area contributed by atoms with E-state index < -0.39 is 12.1 Å². The molecule has 1 atom stereocenters. The van der Waals surface area contributed by atoms with Crippen LogP contribution in [0.2, 0.25) is 0 Å². The van der Waals surface area contributed by atoms with Gasteiger partial charge in [0.25, 0.3) is 0 Å². The normalized spacial score (nSPS) is 12.7. The van der Waals surface area contributed by atoms with Gasteiger partial charge in [0.2, 0.25) is 0 Å². The number of hydrogen-bond acceptors (Lipinski definition) is 3. The first-order valence-corrected chi connectivity index (χ1v) is 9.63. The summed E-state index contributed by atoms with van der Waals surface area (Å²) in [6.07, 6.45) is 20.5. The van der Waals surface area contributed by atoms with E-state index in [1.54, 1.807) is 0 Å². The summed E-state index contributed by atoms with van der Waals surface area (Å²) in [7, 11) is 1.31. The predicted octanol–water partition coefficient (Wildman–Crippen LogP) is 5.56. The third-order valence-electron chi connectivity index (χ3n) is 4.21. The maximum Gasteiger partial charge on any atom is 0.334 e. The van der Waals surface area contributed by atoms with Crippen LogP contribution in [0.5, 0.6) is 0 Å². The van der Waals surface area contributed by atoms with Gasteiger partial charge in [-0.25, -0.2) is 4.79 Å². The molecule has 0 spiro atoms. The first kappa shape index (κ1) is 22.2. The van der Waals surface area contributed by atoms with Crippen LogP contribution in [0.25, 0.3) is 0 Å². The van der Waals surface area contributed by atoms with Gasteiger partial charge in [-0.05, 0) is 38.5 Å². The van der Waals surface area contributed by atoms with Gasteiger partial charge in [0, 0.05) is 0 Å². The van der Waals surface area contributed by atoms with Crippen molar-refractivity contribution < 1.29 is 14.6 Å². The second-order valence-electron chi connectivity index (χ2n) is 6.41. The number of hydrogen-bond donors (Lipinski definition) is 1. The maximum atomic E-state index is 11.0. The summed E-state index contributed by atoms with van der Waals surface area (Å²) < 4.78 is 4.48. The zero-order chi connectivity index (χ0) is 17.2. The van der Waals surface area contributed by atoms with Crippen molar-refractivity contribution in [3.05, 3.63) is 12.2 Å². The van der Waals surface area contributed by atoms with Gasteiger partial charge in [0.1, 0.15) is 0 Å². The summed E-state index contributed by atoms with van der Waals surface area (Å²) in [6.45, 7) is 2.26. The van der Waals surface area contributed by atoms with Crippen LogP contribution in [0, 0.1) is 0 Å². The number of aliphatic hydroxyl groups excluding tert-OH is 1. The number of allylic oxidation sites excluding steroid dienone is 2. The third kappa shape index (κ3) is 15.8. The number of carbonyl (C=O) groups is 1. The highest BCUT2D eigenvalue weighted by Gasteiger charge is 2.13. The van der Waals surface area contributed by atoms with E-state index in [0.717, 1.165) is 19.3 Å². The molecule has 0 fully saturated rings. The lowest BCUT2D eigenvalue weighted by Gasteiger charge is -2.06. The molecule has 0 bridgehead atoms. The Morgan fingerprint density at radius 1 is 0.870 bits per heavy atom. The van der Waals surface area contributed by atoms with E-state index >= 15 is 0 Å². The monoisotopic (exact) mass is 326 g/mol. The van der Waals surface area contributed by atoms with Crippen LogP contribution >= 0.6 is 0 Å². The van der Waals surface area contributed by atoms with Crippen LogP contribution in [0.4, 0.5) is 0 Å². The molecule has 0 saturated carbocycles. The van der Waals surface area contributed by atoms with Gasteiger partial charge < -0.3 is 9.84 Å². The summed E-state index contributed by atoms with van der Waals surface area (Å²) in [6, 6.07) is 0. The number of methoxy groups -OCH3 is 1. The van der Waals surface area contributed by atoms with Gasteiger partial charge in [-0.1, -0.05) is 70.4 Å². The molecule has 0 aliphatic carbocycles. The van der Waals surface area contributed by atoms with E-state index in [-0.39, 0.29) is 0 Å². The van der Waals surface area contributed by atoms with E-state index in [2.05, 4.69) is 23.8 Å². The van der Waals surface area contributed by atoms with Crippen LogP contribution in [-0.2, 0) is 9.53 Å². The molecular formula is C20H38O3. The average molecular weight is 327 g/mol. The standard InChI is InChI=1S/C20H38O3/c1-3-4-5-6-7-8-9-10-11-12-13-14-15-16-17-18-19(21)20(22)23-2/h13-14,19,21H,3-12,15-18H2,1-2H3/b14-13+. The highest BCUT2D eigenvalue weighted by atomic mass is 16.5. The van der Waals surface area contributed by atoms with Gasteiger partial charge in [-0.2, -0.15) is 0 Å². The molecular weight excluding hydrogens is 288 g/mol. The first-order valence-electron chi connectivity index (χ1n) is 9.63. The zero-order valence-corrected chi connectivity index (χ0v) is 15.4. The van der Waals surface area contributed by atoms with E-state index in [4.69, 9.17) is 0 Å². The first-order chi connectivity index (χ1) is 11.2. The van der Waals surface area contributed by atoms with Crippen molar-refractivity contribution in [1.82, 2.24) is 0 Å². The molecule has 3 nitrogen and oxygen atoms in total. The van der Waals surface area contributed by atoms with Crippen LogP contribution in [0.15, 0.2) is 12.2 Å². The van der Waals surface area contributed by atoms with E-state index in [1.807, 2.05) is 0 Å². The largest absolute Gasteiger partial charge is 0.467 e. The summed E-state index contributed by atoms with van der Waals surface area (Å²) >= 11 is 0. The fourth-order valence-corrected chi connectivity index (χ4v) is 2.66. The SMILES string of the molecule is CCCCCCCCCCC/C=C/CCCCC(O)C(=O)OC. The lowest BCUT2D eigenvalue weighted by atomic mass is 10.1. The Balaban J connectivity index is 3.21. The Morgan fingerprint density at radius 3 is 1.87 bits per heavy atom. The van der Waals surface area contributed by atoms with Crippen LogP contribution < -0.4 is 0 Å². The fraction of sp³-hybridized carbons (Fsp3) is 0.850. The van der Waals surface area contributed by atoms with E-state index in [0.29, 0.717) is 6.42 Å². The zero-order valence-electron chi connectivity index (χ0n) is 15.4. The molecule has 0 aromatic rings. The summed E-state index contributed by atoms with van der Waals surface area (Å²) in [5.41, 5.74) is 0. The molecule has 136 valence electrons. The molecule has 0 rings (SSSR count). The highest BCUT2D eigenvalue weighted by molar-refractivity contribution is 5.74. The van der Waals surface area contributed by atoms with Crippen molar-refractivity contribution in [2.24, 2.45) is 0 Å². The number of esters is 1. The van der Waals surface area contributed by atoms with Gasteiger partial charge in [-0.15, -0.1) is 0 Å². The number of carbonyl (C=O) groups excluding carboxylic acids is 1. The number of rotatable bonds is 16. The van der Waals surface area contributed by atoms with Gasteiger partial charge in [0.05, 0.1) is 7.11 Å². The van der Waals surface area contributed by atoms with Gasteiger partial charge in [0.15, 0.2) is 6.10 Å². The molecule has 3 heteroatoms. The smallest absolute Gasteiger partial charge is 0.334 e. The molecule has 0 aromatic carbocycles. The molecule has 0 aliphatic rings. The molecule has 0 saturated heterocycles. The second kappa shape index (κ2) is 17.5. The molecule has 0 aliphatic heterocycles. The summed E-state index contributed by atoms with van der Waals surface area (Å²) in [4.78, 5) is 11.0. The molecule has 0 radical (unpaired) electrons. The van der Waals surface area contributed by atoms with Crippen molar-refractivity contribution in [2.75, 3.05) is 7.11 Å². The Hall–Kier alpha value is -0.830. The van der Waals surface area contributed by atoms with Gasteiger partial charge in [-0.3, -0.25) is 0 Å². The lowest BCUT2D eigenvalue weighted by Crippen LogP contribution is -2.21. The minimum atomic E-state index is -0.953. The molecule has 0 aromatic heterocycles. The van der Waals surface area contributed by atoms with E-state index in [9.17, 15) is 9.90 Å². The third-order valence-corrected chi connectivity index (χ3v) is 4.21. The van der Waals surface area contributed by atoms with E-state index in [1.165, 1.54) is 71.3 Å². The Morgan fingerprint density at radius 2 is 1.35 bits per heavy atom. The van der Waals surface area contributed by atoms with Crippen LogP contribution in [-0.4, -0.2) is 24.3 Å². The van der Waals surface area contributed by atoms with Crippen LogP contribution in [0.3, 0.4) is 0 Å². The van der Waals surface area contributed by atoms with Crippen molar-refractivity contribution in [2.45, 2.75) is 103 Å². The quantitative estimate of drug-likeness (QED) is 0.229. The van der Waals surface area contributed by atoms with Crippen molar-refractivity contribution in [3.63, 3.8) is 0 Å². The Labute approximate surface area is 143 Å². The summed E-state index contributed by atoms with van der Waals surface area (Å²) in [5, 5.41) is 9.43.